The number of H-pyrrole nitrogens is 1. The van der Waals surface area contributed by atoms with Crippen molar-refractivity contribution in [1.29, 1.82) is 0 Å². The lowest BCUT2D eigenvalue weighted by Gasteiger charge is -2.02. The van der Waals surface area contributed by atoms with Crippen molar-refractivity contribution in [2.24, 2.45) is 0 Å². The number of nitrogens with zero attached hydrogens (tertiary/aromatic N) is 1. The first-order valence-corrected chi connectivity index (χ1v) is 8.53. The summed E-state index contributed by atoms with van der Waals surface area (Å²) < 4.78 is 5.78. The number of benzene rings is 1. The zero-order valence-electron chi connectivity index (χ0n) is 12.5. The highest BCUT2D eigenvalue weighted by Gasteiger charge is 2.14. The Labute approximate surface area is 149 Å². The molecule has 0 aliphatic carbocycles. The highest BCUT2D eigenvalue weighted by Crippen LogP contribution is 2.26. The van der Waals surface area contributed by atoms with Gasteiger partial charge < -0.3 is 15.0 Å². The fourth-order valence-corrected chi connectivity index (χ4v) is 3.13. The van der Waals surface area contributed by atoms with E-state index in [1.54, 1.807) is 12.5 Å². The van der Waals surface area contributed by atoms with E-state index in [-0.39, 0.29) is 16.9 Å². The number of carbonyl (C=O) groups excluding carboxylic acids is 1. The normalized spacial score (nSPS) is 10.4. The number of carbonyl (C=O) groups is 1. The van der Waals surface area contributed by atoms with Gasteiger partial charge in [0.15, 0.2) is 0 Å². The smallest absolute Gasteiger partial charge is 0.275 e. The van der Waals surface area contributed by atoms with Gasteiger partial charge in [-0.25, -0.2) is 4.98 Å². The number of aromatic amines is 1. The minimum atomic E-state index is -0.436. The molecule has 0 saturated heterocycles. The summed E-state index contributed by atoms with van der Waals surface area (Å²) in [7, 11) is 1.60. The number of aromatic nitrogens is 2. The van der Waals surface area contributed by atoms with Gasteiger partial charge in [-0.05, 0) is 46.3 Å². The van der Waals surface area contributed by atoms with Crippen molar-refractivity contribution in [3.05, 3.63) is 62.4 Å². The summed E-state index contributed by atoms with van der Waals surface area (Å²) in [6.07, 6.45) is 1.50. The average molecular weight is 406 g/mol. The molecule has 0 aliphatic heterocycles. The van der Waals surface area contributed by atoms with Crippen LogP contribution in [-0.2, 0) is 0 Å². The third-order valence-corrected chi connectivity index (χ3v) is 4.54. The van der Waals surface area contributed by atoms with E-state index in [1.165, 1.54) is 23.6 Å². The number of anilines is 1. The average Bonchev–Trinajstić information content (AvgIpc) is 3.08. The number of rotatable bonds is 4. The molecule has 0 saturated carbocycles. The van der Waals surface area contributed by atoms with E-state index in [1.807, 2.05) is 24.3 Å². The van der Waals surface area contributed by atoms with Crippen molar-refractivity contribution in [3.63, 3.8) is 0 Å². The largest absolute Gasteiger partial charge is 0.497 e. The summed E-state index contributed by atoms with van der Waals surface area (Å²) >= 11 is 4.60. The Balaban J connectivity index is 1.80. The van der Waals surface area contributed by atoms with E-state index in [2.05, 4.69) is 31.2 Å². The van der Waals surface area contributed by atoms with Crippen LogP contribution in [0.25, 0.3) is 10.6 Å². The second-order valence-corrected chi connectivity index (χ2v) is 6.55. The van der Waals surface area contributed by atoms with Gasteiger partial charge in [-0.2, -0.15) is 0 Å². The molecule has 3 rings (SSSR count). The summed E-state index contributed by atoms with van der Waals surface area (Å²) in [6, 6.07) is 8.94. The molecule has 1 amide bonds. The Morgan fingerprint density at radius 1 is 1.33 bits per heavy atom. The monoisotopic (exact) mass is 405 g/mol. The van der Waals surface area contributed by atoms with Crippen molar-refractivity contribution in [2.45, 2.75) is 0 Å². The number of ether oxygens (including phenoxy) is 1. The molecule has 8 heteroatoms. The lowest BCUT2D eigenvalue weighted by atomic mass is 10.2. The van der Waals surface area contributed by atoms with Gasteiger partial charge in [-0.15, -0.1) is 11.3 Å². The molecule has 0 atom stereocenters. The SMILES string of the molecule is COc1ccc(-c2nc(C(=O)Nc3cc(Br)c[nH]c3=O)cs2)cc1. The maximum Gasteiger partial charge on any atom is 0.275 e. The van der Waals surface area contributed by atoms with E-state index < -0.39 is 5.91 Å². The summed E-state index contributed by atoms with van der Waals surface area (Å²) in [5.74, 6) is 0.316. The van der Waals surface area contributed by atoms with Gasteiger partial charge in [-0.3, -0.25) is 9.59 Å². The Morgan fingerprint density at radius 2 is 2.08 bits per heavy atom. The van der Waals surface area contributed by atoms with Crippen LogP contribution in [0.15, 0.2) is 51.2 Å². The molecule has 24 heavy (non-hydrogen) atoms. The Kier molecular flexibility index (Phi) is 4.77. The summed E-state index contributed by atoms with van der Waals surface area (Å²) in [6.45, 7) is 0. The fourth-order valence-electron chi connectivity index (χ4n) is 1.98. The highest BCUT2D eigenvalue weighted by molar-refractivity contribution is 9.10. The second-order valence-electron chi connectivity index (χ2n) is 4.78. The van der Waals surface area contributed by atoms with Crippen molar-refractivity contribution < 1.29 is 9.53 Å². The van der Waals surface area contributed by atoms with Crippen molar-refractivity contribution in [3.8, 4) is 16.3 Å². The molecule has 0 bridgehead atoms. The van der Waals surface area contributed by atoms with Crippen molar-refractivity contribution >= 4 is 38.9 Å². The van der Waals surface area contributed by atoms with Crippen molar-refractivity contribution in [1.82, 2.24) is 9.97 Å². The zero-order valence-corrected chi connectivity index (χ0v) is 14.9. The summed E-state index contributed by atoms with van der Waals surface area (Å²) in [4.78, 5) is 30.8. The van der Waals surface area contributed by atoms with Crippen LogP contribution in [0.5, 0.6) is 5.75 Å². The predicted molar refractivity (Wildman–Crippen MR) is 96.8 cm³/mol. The van der Waals surface area contributed by atoms with Crippen LogP contribution in [0.1, 0.15) is 10.5 Å². The van der Waals surface area contributed by atoms with Gasteiger partial charge in [0.25, 0.3) is 11.5 Å². The molecule has 2 N–H and O–H groups in total. The number of halogens is 1. The third-order valence-electron chi connectivity index (χ3n) is 3.19. The number of nitrogens with one attached hydrogen (secondary N) is 2. The van der Waals surface area contributed by atoms with Gasteiger partial charge in [-0.1, -0.05) is 0 Å². The van der Waals surface area contributed by atoms with Crippen LogP contribution < -0.4 is 15.6 Å². The number of methoxy groups -OCH3 is 1. The first-order chi connectivity index (χ1) is 11.6. The van der Waals surface area contributed by atoms with Crippen LogP contribution in [0.3, 0.4) is 0 Å². The minimum Gasteiger partial charge on any atom is -0.497 e. The number of amides is 1. The Hall–Kier alpha value is -2.45. The van der Waals surface area contributed by atoms with E-state index in [0.717, 1.165) is 11.3 Å². The zero-order chi connectivity index (χ0) is 17.1. The molecule has 2 heterocycles. The maximum absolute atomic E-state index is 12.3. The number of thiazole rings is 1. The van der Waals surface area contributed by atoms with Crippen LogP contribution >= 0.6 is 27.3 Å². The molecule has 3 aromatic rings. The van der Waals surface area contributed by atoms with E-state index in [0.29, 0.717) is 9.48 Å². The quantitative estimate of drug-likeness (QED) is 0.695. The second kappa shape index (κ2) is 6.98. The molecule has 2 aromatic heterocycles. The first-order valence-electron chi connectivity index (χ1n) is 6.86. The van der Waals surface area contributed by atoms with Crippen LogP contribution in [-0.4, -0.2) is 23.0 Å². The number of pyridine rings is 1. The number of hydrogen-bond acceptors (Lipinski definition) is 5. The molecule has 6 nitrogen and oxygen atoms in total. The molecule has 122 valence electrons. The first kappa shape index (κ1) is 16.4. The van der Waals surface area contributed by atoms with Crippen molar-refractivity contribution in [2.75, 3.05) is 12.4 Å². The topological polar surface area (TPSA) is 84.1 Å². The molecule has 0 aliphatic rings. The summed E-state index contributed by atoms with van der Waals surface area (Å²) in [5.41, 5.74) is 0.927. The molecule has 0 unspecified atom stereocenters. The van der Waals surface area contributed by atoms with Gasteiger partial charge in [0.1, 0.15) is 22.1 Å². The number of hydrogen-bond donors (Lipinski definition) is 2. The highest BCUT2D eigenvalue weighted by atomic mass is 79.9. The van der Waals surface area contributed by atoms with Gasteiger partial charge >= 0.3 is 0 Å². The third kappa shape index (κ3) is 3.55. The van der Waals surface area contributed by atoms with Gasteiger partial charge in [0.2, 0.25) is 0 Å². The molecular weight excluding hydrogens is 394 g/mol. The Morgan fingerprint density at radius 3 is 2.79 bits per heavy atom. The predicted octanol–water partition coefficient (Wildman–Crippen LogP) is 3.52. The maximum atomic E-state index is 12.3. The molecule has 0 fully saturated rings. The van der Waals surface area contributed by atoms with E-state index in [4.69, 9.17) is 4.74 Å². The lowest BCUT2D eigenvalue weighted by molar-refractivity contribution is 0.102. The fraction of sp³-hybridized carbons (Fsp3) is 0.0625. The molecule has 1 aromatic carbocycles. The standard InChI is InChI=1S/C16H12BrN3O3S/c1-23-11-4-2-9(3-5-11)16-20-13(8-24-16)15(22)19-12-6-10(17)7-18-14(12)21/h2-8H,1H3,(H,18,21)(H,19,22). The Bertz CT molecular complexity index is 934. The molecular formula is C16H12BrN3O3S. The van der Waals surface area contributed by atoms with Gasteiger partial charge in [0.05, 0.1) is 7.11 Å². The summed E-state index contributed by atoms with van der Waals surface area (Å²) in [5, 5.41) is 4.93. The van der Waals surface area contributed by atoms with Crippen LogP contribution in [0, 0.1) is 0 Å². The van der Waals surface area contributed by atoms with E-state index >= 15 is 0 Å². The molecule has 0 spiro atoms. The molecule has 0 radical (unpaired) electrons. The lowest BCUT2D eigenvalue weighted by Crippen LogP contribution is -2.19. The van der Waals surface area contributed by atoms with Crippen LogP contribution in [0.4, 0.5) is 5.69 Å². The van der Waals surface area contributed by atoms with Gasteiger partial charge in [0, 0.05) is 21.6 Å². The van der Waals surface area contributed by atoms with E-state index in [9.17, 15) is 9.59 Å². The minimum absolute atomic E-state index is 0.161. The van der Waals surface area contributed by atoms with Crippen LogP contribution in [0.2, 0.25) is 0 Å².